The number of halogens is 3. The van der Waals surface area contributed by atoms with Crippen molar-refractivity contribution in [2.45, 2.75) is 51.0 Å². The largest absolute Gasteiger partial charge is 0.365 e. The number of nitrogens with zero attached hydrogens (tertiary/aromatic N) is 2. The quantitative estimate of drug-likeness (QED) is 0.326. The molecule has 2 aliphatic rings. The molecule has 0 unspecified atom stereocenters. The Morgan fingerprint density at radius 2 is 2.00 bits per heavy atom. The molecule has 1 saturated heterocycles. The van der Waals surface area contributed by atoms with Crippen LogP contribution in [0.3, 0.4) is 0 Å². The molecular formula is C20H31Cl3N4O2. The summed E-state index contributed by atoms with van der Waals surface area (Å²) in [7, 11) is 0. The second-order valence-electron chi connectivity index (χ2n) is 7.66. The molecule has 1 amide bonds. The Morgan fingerprint density at radius 1 is 1.24 bits per heavy atom. The van der Waals surface area contributed by atoms with E-state index < -0.39 is 5.91 Å². The summed E-state index contributed by atoms with van der Waals surface area (Å²) >= 11 is 6.37. The molecule has 1 saturated carbocycles. The summed E-state index contributed by atoms with van der Waals surface area (Å²) in [5.41, 5.74) is 2.26. The topological polar surface area (TPSA) is 77.5 Å². The number of hydroxylamine groups is 1. The van der Waals surface area contributed by atoms with Gasteiger partial charge in [0.1, 0.15) is 5.82 Å². The van der Waals surface area contributed by atoms with Crippen LogP contribution >= 0.6 is 36.4 Å². The van der Waals surface area contributed by atoms with Gasteiger partial charge in [0.15, 0.2) is 0 Å². The van der Waals surface area contributed by atoms with Crippen molar-refractivity contribution in [1.82, 2.24) is 15.4 Å². The molecule has 0 bridgehead atoms. The number of piperidine rings is 1. The average molecular weight is 466 g/mol. The highest BCUT2D eigenvalue weighted by molar-refractivity contribution is 6.33. The van der Waals surface area contributed by atoms with Gasteiger partial charge in [0, 0.05) is 31.4 Å². The molecule has 3 N–H and O–H groups in total. The minimum absolute atomic E-state index is 0. The summed E-state index contributed by atoms with van der Waals surface area (Å²) in [6.07, 6.45) is 13.7. The molecule has 1 aliphatic heterocycles. The normalized spacial score (nSPS) is 20.6. The summed E-state index contributed by atoms with van der Waals surface area (Å²) in [6.45, 7) is 3.44. The van der Waals surface area contributed by atoms with Gasteiger partial charge in [-0.15, -0.1) is 24.8 Å². The van der Waals surface area contributed by atoms with E-state index in [0.717, 1.165) is 18.9 Å². The minimum Gasteiger partial charge on any atom is -0.365 e. The number of carbonyl (C=O) groups is 1. The standard InChI is InChI=1S/C20H29ClN4O2.2ClH/c21-18-11-16(8-9-19(26)24-27)12-22-20(18)23-17-7-4-10-25(14-17)13-15-5-2-1-3-6-15;;/h8-9,11-12,15,17,27H,1-7,10,13-14H2,(H,22,23)(H,24,26);2*1H/b9-8+;;/t17-;;/m1../s1. The predicted octanol–water partition coefficient (Wildman–Crippen LogP) is 4.55. The lowest BCUT2D eigenvalue weighted by Gasteiger charge is -2.36. The fraction of sp³-hybridized carbons (Fsp3) is 0.600. The maximum absolute atomic E-state index is 11.1. The zero-order chi connectivity index (χ0) is 19.1. The first kappa shape index (κ1) is 26.0. The number of hydrogen-bond acceptors (Lipinski definition) is 5. The van der Waals surface area contributed by atoms with Crippen LogP contribution in [0.2, 0.25) is 5.02 Å². The van der Waals surface area contributed by atoms with E-state index in [1.807, 2.05) is 0 Å². The second-order valence-corrected chi connectivity index (χ2v) is 8.06. The van der Waals surface area contributed by atoms with Crippen LogP contribution in [0.4, 0.5) is 5.82 Å². The smallest absolute Gasteiger partial charge is 0.267 e. The van der Waals surface area contributed by atoms with Gasteiger partial charge in [-0.25, -0.2) is 10.5 Å². The lowest BCUT2D eigenvalue weighted by atomic mass is 9.88. The van der Waals surface area contributed by atoms with Crippen LogP contribution in [0.15, 0.2) is 18.3 Å². The highest BCUT2D eigenvalue weighted by Gasteiger charge is 2.24. The highest BCUT2D eigenvalue weighted by atomic mass is 35.5. The Kier molecular flexibility index (Phi) is 11.9. The molecule has 1 aromatic heterocycles. The Morgan fingerprint density at radius 3 is 2.69 bits per heavy atom. The van der Waals surface area contributed by atoms with Gasteiger partial charge in [0.2, 0.25) is 0 Å². The lowest BCUT2D eigenvalue weighted by molar-refractivity contribution is -0.124. The fourth-order valence-corrected chi connectivity index (χ4v) is 4.36. The maximum atomic E-state index is 11.1. The highest BCUT2D eigenvalue weighted by Crippen LogP contribution is 2.27. The molecule has 2 fully saturated rings. The van der Waals surface area contributed by atoms with Crippen LogP contribution in [-0.2, 0) is 4.79 Å². The third-order valence-corrected chi connectivity index (χ3v) is 5.78. The third kappa shape index (κ3) is 8.30. The van der Waals surface area contributed by atoms with Gasteiger partial charge in [0.05, 0.1) is 5.02 Å². The zero-order valence-corrected chi connectivity index (χ0v) is 18.9. The predicted molar refractivity (Wildman–Crippen MR) is 122 cm³/mol. The van der Waals surface area contributed by atoms with Crippen LogP contribution in [-0.4, -0.2) is 46.7 Å². The van der Waals surface area contributed by atoms with Crippen molar-refractivity contribution in [1.29, 1.82) is 0 Å². The molecule has 1 atom stereocenters. The van der Waals surface area contributed by atoms with E-state index in [1.165, 1.54) is 57.7 Å². The molecule has 0 radical (unpaired) electrons. The van der Waals surface area contributed by atoms with Crippen molar-refractivity contribution < 1.29 is 10.0 Å². The van der Waals surface area contributed by atoms with Gasteiger partial charge < -0.3 is 10.2 Å². The monoisotopic (exact) mass is 464 g/mol. The first-order valence-corrected chi connectivity index (χ1v) is 10.3. The zero-order valence-electron chi connectivity index (χ0n) is 16.5. The third-order valence-electron chi connectivity index (χ3n) is 5.49. The Hall–Kier alpha value is -1.05. The number of carbonyl (C=O) groups excluding carboxylic acids is 1. The van der Waals surface area contributed by atoms with Crippen LogP contribution < -0.4 is 10.8 Å². The number of hydrogen-bond donors (Lipinski definition) is 3. The van der Waals surface area contributed by atoms with E-state index in [1.54, 1.807) is 23.8 Å². The maximum Gasteiger partial charge on any atom is 0.267 e. The van der Waals surface area contributed by atoms with Gasteiger partial charge >= 0.3 is 0 Å². The summed E-state index contributed by atoms with van der Waals surface area (Å²) < 4.78 is 0. The molecule has 3 rings (SSSR count). The van der Waals surface area contributed by atoms with Gasteiger partial charge in [-0.2, -0.15) is 0 Å². The summed E-state index contributed by atoms with van der Waals surface area (Å²) in [5, 5.41) is 12.5. The van der Waals surface area contributed by atoms with Crippen LogP contribution in [0.5, 0.6) is 0 Å². The Labute approximate surface area is 190 Å². The molecule has 9 heteroatoms. The van der Waals surface area contributed by atoms with Crippen molar-refractivity contribution in [3.05, 3.63) is 28.9 Å². The van der Waals surface area contributed by atoms with Crippen molar-refractivity contribution in [3.63, 3.8) is 0 Å². The molecule has 6 nitrogen and oxygen atoms in total. The van der Waals surface area contributed by atoms with Gasteiger partial charge in [0.25, 0.3) is 5.91 Å². The number of amides is 1. The summed E-state index contributed by atoms with van der Waals surface area (Å²) in [5.74, 6) is 0.958. The SMILES string of the molecule is Cl.Cl.O=C(/C=C/c1cnc(N[C@@H]2CCCN(CC3CCCCC3)C2)c(Cl)c1)NO. The van der Waals surface area contributed by atoms with Gasteiger partial charge in [-0.05, 0) is 55.9 Å². The number of rotatable bonds is 6. The van der Waals surface area contributed by atoms with Crippen molar-refractivity contribution in [2.24, 2.45) is 5.92 Å². The fourth-order valence-electron chi connectivity index (χ4n) is 4.13. The minimum atomic E-state index is -0.589. The lowest BCUT2D eigenvalue weighted by Crippen LogP contribution is -2.44. The molecule has 0 aromatic carbocycles. The molecule has 1 aliphatic carbocycles. The Bertz CT molecular complexity index is 669. The number of aromatic nitrogens is 1. The number of nitrogens with one attached hydrogen (secondary N) is 2. The van der Waals surface area contributed by atoms with Crippen LogP contribution in [0.1, 0.15) is 50.5 Å². The number of likely N-dealkylation sites (tertiary alicyclic amines) is 1. The van der Waals surface area contributed by atoms with Gasteiger partial charge in [-0.1, -0.05) is 30.9 Å². The molecule has 29 heavy (non-hydrogen) atoms. The second kappa shape index (κ2) is 13.3. The molecule has 164 valence electrons. The van der Waals surface area contributed by atoms with Gasteiger partial charge in [-0.3, -0.25) is 10.0 Å². The van der Waals surface area contributed by atoms with E-state index in [-0.39, 0.29) is 24.8 Å². The Balaban J connectivity index is 0.00000210. The van der Waals surface area contributed by atoms with Crippen molar-refractivity contribution in [3.8, 4) is 0 Å². The van der Waals surface area contributed by atoms with Crippen LogP contribution in [0.25, 0.3) is 6.08 Å². The average Bonchev–Trinajstić information content (AvgIpc) is 2.69. The summed E-state index contributed by atoms with van der Waals surface area (Å²) in [4.78, 5) is 18.1. The van der Waals surface area contributed by atoms with E-state index in [9.17, 15) is 4.79 Å². The van der Waals surface area contributed by atoms with Crippen molar-refractivity contribution in [2.75, 3.05) is 25.0 Å². The molecular weight excluding hydrogens is 435 g/mol. The van der Waals surface area contributed by atoms with Crippen molar-refractivity contribution >= 4 is 54.2 Å². The molecule has 1 aromatic rings. The number of pyridine rings is 1. The van der Waals surface area contributed by atoms with E-state index in [2.05, 4.69) is 15.2 Å². The summed E-state index contributed by atoms with van der Waals surface area (Å²) in [6, 6.07) is 2.12. The van der Waals surface area contributed by atoms with E-state index >= 15 is 0 Å². The van der Waals surface area contributed by atoms with E-state index in [0.29, 0.717) is 22.4 Å². The first-order valence-electron chi connectivity index (χ1n) is 9.90. The molecule has 0 spiro atoms. The number of anilines is 1. The van der Waals surface area contributed by atoms with E-state index in [4.69, 9.17) is 16.8 Å². The van der Waals surface area contributed by atoms with Crippen LogP contribution in [0, 0.1) is 5.92 Å². The molecule has 2 heterocycles. The first-order chi connectivity index (χ1) is 13.1.